The quantitative estimate of drug-likeness (QED) is 0.501. The minimum atomic E-state index is 0. The maximum Gasteiger partial charge on any atom is 0.0234 e. The number of nitrogens with zero attached hydrogens (tertiary/aromatic N) is 1. The molecule has 3 N–H and O–H groups in total. The summed E-state index contributed by atoms with van der Waals surface area (Å²) >= 11 is 0. The zero-order chi connectivity index (χ0) is 9.19. The molecule has 1 aliphatic rings. The van der Waals surface area contributed by atoms with E-state index in [2.05, 4.69) is 31.1 Å². The molecule has 0 aromatic heterocycles. The lowest BCUT2D eigenvalue weighted by Gasteiger charge is -2.40. The van der Waals surface area contributed by atoms with Crippen LogP contribution in [0.5, 0.6) is 0 Å². The molecule has 0 unspecified atom stereocenters. The van der Waals surface area contributed by atoms with Crippen LogP contribution in [0, 0.1) is 0 Å². The van der Waals surface area contributed by atoms with Gasteiger partial charge >= 0.3 is 0 Å². The van der Waals surface area contributed by atoms with Gasteiger partial charge in [0, 0.05) is 24.7 Å². The van der Waals surface area contributed by atoms with Gasteiger partial charge in [0.15, 0.2) is 0 Å². The molecule has 4 heteroatoms. The van der Waals surface area contributed by atoms with Crippen molar-refractivity contribution >= 4 is 12.4 Å². The van der Waals surface area contributed by atoms with Gasteiger partial charge in [-0.1, -0.05) is 0 Å². The summed E-state index contributed by atoms with van der Waals surface area (Å²) in [6.07, 6.45) is 2.35. The second-order valence-electron chi connectivity index (χ2n) is 4.60. The lowest BCUT2D eigenvalue weighted by atomic mass is 9.98. The minimum Gasteiger partial charge on any atom is -0.298 e. The highest BCUT2D eigenvalue weighted by molar-refractivity contribution is 5.85. The first-order valence-corrected chi connectivity index (χ1v) is 4.75. The molecule has 0 aliphatic carbocycles. The first-order valence-electron chi connectivity index (χ1n) is 4.75. The summed E-state index contributed by atoms with van der Waals surface area (Å²) in [5.74, 6) is 5.39. The summed E-state index contributed by atoms with van der Waals surface area (Å²) in [7, 11) is 0. The Labute approximate surface area is 87.4 Å². The fourth-order valence-electron chi connectivity index (χ4n) is 1.72. The van der Waals surface area contributed by atoms with E-state index in [9.17, 15) is 0 Å². The zero-order valence-electron chi connectivity index (χ0n) is 8.84. The van der Waals surface area contributed by atoms with Gasteiger partial charge in [0.05, 0.1) is 0 Å². The molecule has 0 aromatic rings. The first-order chi connectivity index (χ1) is 5.54. The van der Waals surface area contributed by atoms with Gasteiger partial charge in [-0.05, 0) is 33.6 Å². The number of hydrazine groups is 1. The van der Waals surface area contributed by atoms with Crippen molar-refractivity contribution in [1.29, 1.82) is 0 Å². The second kappa shape index (κ2) is 5.15. The summed E-state index contributed by atoms with van der Waals surface area (Å²) in [4.78, 5) is 2.51. The van der Waals surface area contributed by atoms with Crippen LogP contribution in [-0.2, 0) is 0 Å². The predicted molar refractivity (Wildman–Crippen MR) is 58.9 cm³/mol. The first kappa shape index (κ1) is 13.2. The van der Waals surface area contributed by atoms with Crippen LogP contribution in [0.4, 0.5) is 0 Å². The number of halogens is 1. The van der Waals surface area contributed by atoms with Gasteiger partial charge in [-0.15, -0.1) is 12.4 Å². The highest BCUT2D eigenvalue weighted by Crippen LogP contribution is 2.19. The molecule has 1 heterocycles. The van der Waals surface area contributed by atoms with Gasteiger partial charge in [0.2, 0.25) is 0 Å². The molecule has 13 heavy (non-hydrogen) atoms. The van der Waals surface area contributed by atoms with Crippen molar-refractivity contribution in [3.63, 3.8) is 0 Å². The lowest BCUT2D eigenvalue weighted by molar-refractivity contribution is 0.0964. The van der Waals surface area contributed by atoms with Gasteiger partial charge in [-0.25, -0.2) is 0 Å². The van der Waals surface area contributed by atoms with Crippen molar-refractivity contribution in [1.82, 2.24) is 10.3 Å². The van der Waals surface area contributed by atoms with Gasteiger partial charge in [-0.3, -0.25) is 16.2 Å². The van der Waals surface area contributed by atoms with E-state index in [0.29, 0.717) is 11.6 Å². The topological polar surface area (TPSA) is 41.3 Å². The molecule has 1 fully saturated rings. The van der Waals surface area contributed by atoms with Crippen molar-refractivity contribution < 1.29 is 0 Å². The Morgan fingerprint density at radius 3 is 2.00 bits per heavy atom. The number of rotatable bonds is 1. The fourth-order valence-corrected chi connectivity index (χ4v) is 1.72. The van der Waals surface area contributed by atoms with Crippen LogP contribution in [0.3, 0.4) is 0 Å². The van der Waals surface area contributed by atoms with Gasteiger partial charge < -0.3 is 0 Å². The van der Waals surface area contributed by atoms with E-state index in [1.165, 1.54) is 25.9 Å². The van der Waals surface area contributed by atoms with E-state index < -0.39 is 0 Å². The number of nitrogens with two attached hydrogens (primary N) is 1. The predicted octanol–water partition coefficient (Wildman–Crippen LogP) is 1.13. The highest BCUT2D eigenvalue weighted by Gasteiger charge is 2.25. The van der Waals surface area contributed by atoms with E-state index in [-0.39, 0.29) is 12.4 Å². The molecule has 1 saturated heterocycles. The molecule has 0 spiro atoms. The van der Waals surface area contributed by atoms with Crippen LogP contribution in [0.2, 0.25) is 0 Å². The van der Waals surface area contributed by atoms with Gasteiger partial charge in [0.1, 0.15) is 0 Å². The summed E-state index contributed by atoms with van der Waals surface area (Å²) in [6.45, 7) is 9.13. The summed E-state index contributed by atoms with van der Waals surface area (Å²) in [5.41, 5.74) is 3.17. The lowest BCUT2D eigenvalue weighted by Crippen LogP contribution is -2.51. The third-order valence-electron chi connectivity index (χ3n) is 2.68. The summed E-state index contributed by atoms with van der Waals surface area (Å²) < 4.78 is 0. The van der Waals surface area contributed by atoms with Crippen molar-refractivity contribution in [2.45, 2.75) is 45.2 Å². The van der Waals surface area contributed by atoms with Crippen LogP contribution in [0.1, 0.15) is 33.6 Å². The molecule has 0 amide bonds. The molecule has 0 radical (unpaired) electrons. The van der Waals surface area contributed by atoms with Crippen LogP contribution in [-0.4, -0.2) is 29.6 Å². The number of likely N-dealkylation sites (tertiary alicyclic amines) is 1. The average Bonchev–Trinajstić information content (AvgIpc) is 2.03. The number of nitrogens with one attached hydrogen (secondary N) is 1. The Morgan fingerprint density at radius 2 is 1.69 bits per heavy atom. The van der Waals surface area contributed by atoms with Crippen LogP contribution < -0.4 is 11.3 Å². The van der Waals surface area contributed by atoms with E-state index in [0.717, 1.165) is 0 Å². The third-order valence-corrected chi connectivity index (χ3v) is 2.68. The average molecular weight is 208 g/mol. The van der Waals surface area contributed by atoms with E-state index >= 15 is 0 Å². The summed E-state index contributed by atoms with van der Waals surface area (Å²) in [6, 6.07) is 0.531. The number of hydrogen-bond donors (Lipinski definition) is 2. The van der Waals surface area contributed by atoms with Crippen molar-refractivity contribution in [3.8, 4) is 0 Å². The normalized spacial score (nSPS) is 21.2. The van der Waals surface area contributed by atoms with E-state index in [1.54, 1.807) is 0 Å². The molecule has 1 rings (SSSR count). The smallest absolute Gasteiger partial charge is 0.0234 e. The van der Waals surface area contributed by atoms with Crippen molar-refractivity contribution in [2.75, 3.05) is 13.1 Å². The van der Waals surface area contributed by atoms with Crippen molar-refractivity contribution in [2.24, 2.45) is 5.84 Å². The molecule has 3 nitrogen and oxygen atoms in total. The molecule has 80 valence electrons. The molecule has 0 atom stereocenters. The van der Waals surface area contributed by atoms with Crippen LogP contribution in [0.25, 0.3) is 0 Å². The van der Waals surface area contributed by atoms with Gasteiger partial charge in [-0.2, -0.15) is 0 Å². The van der Waals surface area contributed by atoms with Crippen molar-refractivity contribution in [3.05, 3.63) is 0 Å². The van der Waals surface area contributed by atoms with Crippen LogP contribution >= 0.6 is 12.4 Å². The Balaban J connectivity index is 0.00000144. The second-order valence-corrected chi connectivity index (χ2v) is 4.60. The molecule has 0 saturated carbocycles. The third kappa shape index (κ3) is 3.81. The van der Waals surface area contributed by atoms with Crippen LogP contribution in [0.15, 0.2) is 0 Å². The maximum atomic E-state index is 5.39. The molecular formula is C9H22ClN3. The van der Waals surface area contributed by atoms with E-state index in [1.807, 2.05) is 0 Å². The van der Waals surface area contributed by atoms with E-state index in [4.69, 9.17) is 5.84 Å². The minimum absolute atomic E-state index is 0. The molecule has 0 bridgehead atoms. The standard InChI is InChI=1S/C9H21N3.ClH/c1-9(2,3)12-6-4-8(11-10)5-7-12;/h8,11H,4-7,10H2,1-3H3;1H. The number of piperidine rings is 1. The Kier molecular flexibility index (Phi) is 5.22. The summed E-state index contributed by atoms with van der Waals surface area (Å²) in [5, 5.41) is 0. The largest absolute Gasteiger partial charge is 0.298 e. The highest BCUT2D eigenvalue weighted by atomic mass is 35.5. The Hall–Kier alpha value is 0.170. The number of hydrogen-bond acceptors (Lipinski definition) is 3. The molecule has 1 aliphatic heterocycles. The Morgan fingerprint density at radius 1 is 1.23 bits per heavy atom. The fraction of sp³-hybridized carbons (Fsp3) is 1.00. The SMILES string of the molecule is CC(C)(C)N1CCC(NN)CC1.Cl. The Bertz CT molecular complexity index is 136. The monoisotopic (exact) mass is 207 g/mol. The molecular weight excluding hydrogens is 186 g/mol. The maximum absolute atomic E-state index is 5.39. The van der Waals surface area contributed by atoms with Gasteiger partial charge in [0.25, 0.3) is 0 Å². The zero-order valence-corrected chi connectivity index (χ0v) is 9.66. The molecule has 0 aromatic carbocycles.